The van der Waals surface area contributed by atoms with Gasteiger partial charge in [0.2, 0.25) is 10.0 Å². The molecule has 2 saturated heterocycles. The Labute approximate surface area is 161 Å². The summed E-state index contributed by atoms with van der Waals surface area (Å²) < 4.78 is 33.7. The van der Waals surface area contributed by atoms with Crippen LogP contribution in [0.25, 0.3) is 16.9 Å². The van der Waals surface area contributed by atoms with Crippen molar-refractivity contribution in [3.8, 4) is 5.82 Å². The summed E-state index contributed by atoms with van der Waals surface area (Å²) in [6, 6.07) is 3.58. The minimum atomic E-state index is -3.35. The summed E-state index contributed by atoms with van der Waals surface area (Å²) in [4.78, 5) is 6.74. The van der Waals surface area contributed by atoms with Gasteiger partial charge in [-0.15, -0.1) is 0 Å². The molecule has 146 valence electrons. The van der Waals surface area contributed by atoms with Crippen LogP contribution < -0.4 is 9.21 Å². The predicted octanol–water partition coefficient (Wildman–Crippen LogP) is 1.03. The van der Waals surface area contributed by atoms with Crippen molar-refractivity contribution < 1.29 is 13.2 Å². The third-order valence-electron chi connectivity index (χ3n) is 4.97. The summed E-state index contributed by atoms with van der Waals surface area (Å²) in [5.74, 6) is 1.42. The van der Waals surface area contributed by atoms with Gasteiger partial charge in [0.25, 0.3) is 0 Å². The Morgan fingerprint density at radius 1 is 1.29 bits per heavy atom. The topological polar surface area (TPSA) is 109 Å². The van der Waals surface area contributed by atoms with E-state index in [0.717, 1.165) is 5.70 Å². The van der Waals surface area contributed by atoms with Crippen molar-refractivity contribution in [1.29, 1.82) is 0 Å². The summed E-state index contributed by atoms with van der Waals surface area (Å²) in [5.41, 5.74) is 1.92. The number of aromatic amines is 1. The van der Waals surface area contributed by atoms with Gasteiger partial charge in [-0.05, 0) is 6.42 Å². The first kappa shape index (κ1) is 17.2. The van der Waals surface area contributed by atoms with Crippen LogP contribution in [0.2, 0.25) is 0 Å². The van der Waals surface area contributed by atoms with Crippen molar-refractivity contribution in [1.82, 2.24) is 25.0 Å². The second kappa shape index (κ2) is 6.31. The van der Waals surface area contributed by atoms with Crippen LogP contribution in [-0.4, -0.2) is 65.4 Å². The first-order valence-corrected chi connectivity index (χ1v) is 10.6. The van der Waals surface area contributed by atoms with Crippen LogP contribution in [-0.2, 0) is 14.8 Å². The van der Waals surface area contributed by atoms with Gasteiger partial charge in [0.15, 0.2) is 11.5 Å². The Bertz CT molecular complexity index is 1150. The molecule has 0 unspecified atom stereocenters. The lowest BCUT2D eigenvalue weighted by Gasteiger charge is -2.31. The fraction of sp³-hybridized carbons (Fsp3) is 0.353. The first-order chi connectivity index (χ1) is 13.5. The van der Waals surface area contributed by atoms with Crippen molar-refractivity contribution in [2.75, 3.05) is 41.3 Å². The van der Waals surface area contributed by atoms with Gasteiger partial charge in [0.05, 0.1) is 42.4 Å². The maximum Gasteiger partial charge on any atom is 0.235 e. The summed E-state index contributed by atoms with van der Waals surface area (Å²) in [7, 11) is -3.35. The summed E-state index contributed by atoms with van der Waals surface area (Å²) in [5, 5.41) is 11.9. The van der Waals surface area contributed by atoms with E-state index in [1.807, 2.05) is 4.90 Å². The predicted molar refractivity (Wildman–Crippen MR) is 104 cm³/mol. The van der Waals surface area contributed by atoms with Gasteiger partial charge in [0, 0.05) is 30.9 Å². The fourth-order valence-corrected chi connectivity index (χ4v) is 5.20. The van der Waals surface area contributed by atoms with E-state index in [1.54, 1.807) is 29.2 Å². The van der Waals surface area contributed by atoms with Gasteiger partial charge >= 0.3 is 0 Å². The van der Waals surface area contributed by atoms with Crippen LogP contribution in [0.4, 0.5) is 11.5 Å². The van der Waals surface area contributed by atoms with E-state index in [2.05, 4.69) is 21.9 Å². The van der Waals surface area contributed by atoms with Gasteiger partial charge in [-0.25, -0.2) is 13.4 Å². The monoisotopic (exact) mass is 401 g/mol. The van der Waals surface area contributed by atoms with Gasteiger partial charge in [0.1, 0.15) is 5.82 Å². The van der Waals surface area contributed by atoms with Crippen molar-refractivity contribution in [3.05, 3.63) is 36.8 Å². The normalized spacial score (nSPS) is 19.6. The van der Waals surface area contributed by atoms with Crippen LogP contribution in [0.1, 0.15) is 6.42 Å². The Morgan fingerprint density at radius 2 is 2.18 bits per heavy atom. The van der Waals surface area contributed by atoms with Crippen LogP contribution >= 0.6 is 0 Å². The number of hydrogen-bond acceptors (Lipinski definition) is 7. The second-order valence-corrected chi connectivity index (χ2v) is 8.76. The quantitative estimate of drug-likeness (QED) is 0.698. The number of hydrogen-bond donors (Lipinski definition) is 1. The smallest absolute Gasteiger partial charge is 0.235 e. The highest BCUT2D eigenvalue weighted by molar-refractivity contribution is 7.93. The SMILES string of the molecule is C=C1COCCN1c1cc(N2CCCS2(=O)=O)c2cnn(-c3ccn[nH]3)c2n1. The maximum absolute atomic E-state index is 12.6. The molecule has 1 N–H and O–H groups in total. The molecule has 0 bridgehead atoms. The Hall–Kier alpha value is -2.92. The maximum atomic E-state index is 12.6. The summed E-state index contributed by atoms with van der Waals surface area (Å²) >= 11 is 0. The molecule has 3 aromatic heterocycles. The van der Waals surface area contributed by atoms with Crippen molar-refractivity contribution in [3.63, 3.8) is 0 Å². The van der Waals surface area contributed by atoms with Crippen LogP contribution in [0.15, 0.2) is 36.8 Å². The van der Waals surface area contributed by atoms with Crippen molar-refractivity contribution in [2.45, 2.75) is 6.42 Å². The summed E-state index contributed by atoms with van der Waals surface area (Å²) in [6.07, 6.45) is 3.87. The molecule has 0 aromatic carbocycles. The zero-order valence-corrected chi connectivity index (χ0v) is 15.9. The third-order valence-corrected chi connectivity index (χ3v) is 6.83. The second-order valence-electron chi connectivity index (χ2n) is 6.75. The van der Waals surface area contributed by atoms with E-state index in [-0.39, 0.29) is 5.75 Å². The molecule has 2 aliphatic rings. The van der Waals surface area contributed by atoms with E-state index in [0.29, 0.717) is 61.1 Å². The Balaban J connectivity index is 1.74. The molecule has 2 aliphatic heterocycles. The van der Waals surface area contributed by atoms with E-state index in [4.69, 9.17) is 9.72 Å². The average molecular weight is 401 g/mol. The highest BCUT2D eigenvalue weighted by Crippen LogP contribution is 2.35. The van der Waals surface area contributed by atoms with E-state index in [9.17, 15) is 8.42 Å². The Kier molecular flexibility index (Phi) is 3.88. The number of rotatable bonds is 3. The molecular weight excluding hydrogens is 382 g/mol. The van der Waals surface area contributed by atoms with E-state index < -0.39 is 10.0 Å². The number of fused-ring (bicyclic) bond motifs is 1. The van der Waals surface area contributed by atoms with Crippen molar-refractivity contribution in [2.24, 2.45) is 0 Å². The number of nitrogens with zero attached hydrogens (tertiary/aromatic N) is 6. The number of aromatic nitrogens is 5. The first-order valence-electron chi connectivity index (χ1n) is 8.96. The fourth-order valence-electron chi connectivity index (χ4n) is 3.63. The third kappa shape index (κ3) is 2.66. The van der Waals surface area contributed by atoms with E-state index in [1.165, 1.54) is 4.31 Å². The molecule has 0 radical (unpaired) electrons. The minimum Gasteiger partial charge on any atom is -0.373 e. The molecule has 0 spiro atoms. The average Bonchev–Trinajstić information content (AvgIpc) is 3.40. The molecule has 0 aliphatic carbocycles. The van der Waals surface area contributed by atoms with Crippen molar-refractivity contribution >= 4 is 32.6 Å². The number of nitrogens with one attached hydrogen (secondary N) is 1. The molecule has 5 heterocycles. The molecule has 11 heteroatoms. The van der Waals surface area contributed by atoms with Crippen LogP contribution in [0.3, 0.4) is 0 Å². The van der Waals surface area contributed by atoms with E-state index >= 15 is 0 Å². The molecule has 0 atom stereocenters. The number of ether oxygens (including phenoxy) is 1. The van der Waals surface area contributed by atoms with Gasteiger partial charge < -0.3 is 9.64 Å². The Morgan fingerprint density at radius 3 is 2.89 bits per heavy atom. The van der Waals surface area contributed by atoms with Gasteiger partial charge in [-0.3, -0.25) is 9.40 Å². The zero-order valence-electron chi connectivity index (χ0n) is 15.1. The molecule has 0 saturated carbocycles. The number of morpholine rings is 1. The number of anilines is 2. The number of H-pyrrole nitrogens is 1. The lowest BCUT2D eigenvalue weighted by molar-refractivity contribution is 0.143. The molecule has 28 heavy (non-hydrogen) atoms. The minimum absolute atomic E-state index is 0.144. The molecule has 2 fully saturated rings. The van der Waals surface area contributed by atoms with Crippen LogP contribution in [0.5, 0.6) is 0 Å². The lowest BCUT2D eigenvalue weighted by atomic mass is 10.2. The zero-order chi connectivity index (χ0) is 19.3. The van der Waals surface area contributed by atoms with Gasteiger partial charge in [-0.1, -0.05) is 6.58 Å². The molecular formula is C17H19N7O3S. The molecule has 5 rings (SSSR count). The standard InChI is InChI=1S/C17H19N7O3S/c1-12-11-27-7-6-22(12)16-9-14(23-5-2-8-28(23,25)26)13-10-19-24(17(13)20-16)15-3-4-18-21-15/h3-4,9-10H,1-2,5-8,11H2,(H,18,21). The highest BCUT2D eigenvalue weighted by atomic mass is 32.2. The largest absolute Gasteiger partial charge is 0.373 e. The molecule has 0 amide bonds. The van der Waals surface area contributed by atoms with Gasteiger partial charge in [-0.2, -0.15) is 14.9 Å². The lowest BCUT2D eigenvalue weighted by Crippen LogP contribution is -2.34. The molecule has 10 nitrogen and oxygen atoms in total. The summed E-state index contributed by atoms with van der Waals surface area (Å²) in [6.45, 7) is 6.07. The van der Waals surface area contributed by atoms with Crippen LogP contribution in [0, 0.1) is 0 Å². The number of sulfonamides is 1. The number of pyridine rings is 1. The highest BCUT2D eigenvalue weighted by Gasteiger charge is 2.32. The molecule has 3 aromatic rings.